The number of urea groups is 1. The summed E-state index contributed by atoms with van der Waals surface area (Å²) in [7, 11) is 0. The van der Waals surface area contributed by atoms with E-state index in [1.165, 1.54) is 0 Å². The van der Waals surface area contributed by atoms with Crippen LogP contribution in [0.4, 0.5) is 10.6 Å². The fourth-order valence-corrected chi connectivity index (χ4v) is 5.23. The second kappa shape index (κ2) is 9.77. The maximum atomic E-state index is 12.6. The molecular formula is C25H27ClN8O2. The van der Waals surface area contributed by atoms with Crippen molar-refractivity contribution in [2.45, 2.75) is 50.6 Å². The number of likely N-dealkylation sites (tertiary alicyclic amines) is 1. The Morgan fingerprint density at radius 3 is 2.83 bits per heavy atom. The quantitative estimate of drug-likeness (QED) is 0.353. The summed E-state index contributed by atoms with van der Waals surface area (Å²) in [5.74, 6) is 1.79. The second-order valence-corrected chi connectivity index (χ2v) is 9.85. The molecule has 10 nitrogen and oxygen atoms in total. The van der Waals surface area contributed by atoms with Crippen LogP contribution in [-0.4, -0.2) is 61.3 Å². The lowest BCUT2D eigenvalue weighted by Crippen LogP contribution is -2.47. The maximum Gasteiger partial charge on any atom is 0.317 e. The summed E-state index contributed by atoms with van der Waals surface area (Å²) in [5, 5.41) is 15.4. The number of H-pyrrole nitrogens is 1. The Balaban J connectivity index is 1.26. The van der Waals surface area contributed by atoms with Gasteiger partial charge >= 0.3 is 6.03 Å². The zero-order chi connectivity index (χ0) is 24.5. The first-order valence-electron chi connectivity index (χ1n) is 12.4. The largest absolute Gasteiger partial charge is 0.463 e. The summed E-state index contributed by atoms with van der Waals surface area (Å²) >= 11 is 6.19. The number of furan rings is 1. The third-order valence-corrected chi connectivity index (χ3v) is 7.05. The topological polar surface area (TPSA) is 125 Å². The Hall–Kier alpha value is -3.66. The highest BCUT2D eigenvalue weighted by molar-refractivity contribution is 6.31. The average molecular weight is 507 g/mol. The van der Waals surface area contributed by atoms with Gasteiger partial charge in [0, 0.05) is 37.4 Å². The average Bonchev–Trinajstić information content (AvgIpc) is 3.66. The molecule has 6 rings (SSSR count). The molecule has 1 aliphatic heterocycles. The van der Waals surface area contributed by atoms with E-state index in [4.69, 9.17) is 26.0 Å². The second-order valence-electron chi connectivity index (χ2n) is 9.41. The number of anilines is 1. The number of hydrogen-bond acceptors (Lipinski definition) is 7. The summed E-state index contributed by atoms with van der Waals surface area (Å²) in [6, 6.07) is 7.75. The molecule has 0 radical (unpaired) electrons. The minimum Gasteiger partial charge on any atom is -0.463 e. The van der Waals surface area contributed by atoms with Crippen molar-refractivity contribution >= 4 is 34.5 Å². The minimum atomic E-state index is 0.0565. The van der Waals surface area contributed by atoms with Gasteiger partial charge in [-0.05, 0) is 56.7 Å². The minimum absolute atomic E-state index is 0.0565. The van der Waals surface area contributed by atoms with Crippen molar-refractivity contribution in [3.05, 3.63) is 41.7 Å². The predicted octanol–water partition coefficient (Wildman–Crippen LogP) is 4.86. The highest BCUT2D eigenvalue weighted by Gasteiger charge is 2.27. The van der Waals surface area contributed by atoms with E-state index in [2.05, 4.69) is 25.8 Å². The molecule has 0 aromatic carbocycles. The fourth-order valence-electron chi connectivity index (χ4n) is 5.08. The number of aromatic amines is 1. The van der Waals surface area contributed by atoms with Gasteiger partial charge in [0.2, 0.25) is 0 Å². The lowest BCUT2D eigenvalue weighted by Gasteiger charge is -2.32. The van der Waals surface area contributed by atoms with Crippen molar-refractivity contribution in [2.24, 2.45) is 0 Å². The van der Waals surface area contributed by atoms with Gasteiger partial charge in [-0.3, -0.25) is 5.10 Å². The molecule has 186 valence electrons. The van der Waals surface area contributed by atoms with Gasteiger partial charge in [-0.25, -0.2) is 19.7 Å². The van der Waals surface area contributed by atoms with Crippen molar-refractivity contribution in [3.63, 3.8) is 0 Å². The number of carbonyl (C=O) groups excluding carboxylic acids is 1. The number of carbonyl (C=O) groups is 1. The Morgan fingerprint density at radius 1 is 1.14 bits per heavy atom. The Labute approximate surface area is 212 Å². The van der Waals surface area contributed by atoms with Crippen LogP contribution >= 0.6 is 11.6 Å². The van der Waals surface area contributed by atoms with E-state index >= 15 is 0 Å². The van der Waals surface area contributed by atoms with Crippen molar-refractivity contribution in [2.75, 3.05) is 18.4 Å². The van der Waals surface area contributed by atoms with Crippen molar-refractivity contribution in [1.29, 1.82) is 0 Å². The number of aromatic nitrogens is 5. The van der Waals surface area contributed by atoms with Gasteiger partial charge in [-0.1, -0.05) is 11.6 Å². The predicted molar refractivity (Wildman–Crippen MR) is 137 cm³/mol. The molecule has 0 unspecified atom stereocenters. The van der Waals surface area contributed by atoms with Crippen LogP contribution in [0.3, 0.4) is 0 Å². The third-order valence-electron chi connectivity index (χ3n) is 6.85. The number of amides is 2. The number of hydrogen-bond donors (Lipinski definition) is 3. The van der Waals surface area contributed by atoms with E-state index in [0.29, 0.717) is 39.5 Å². The van der Waals surface area contributed by atoms with Crippen LogP contribution in [0.2, 0.25) is 5.02 Å². The summed E-state index contributed by atoms with van der Waals surface area (Å²) < 4.78 is 5.62. The number of halogens is 1. The summed E-state index contributed by atoms with van der Waals surface area (Å²) in [6.07, 6.45) is 9.20. The molecule has 1 saturated carbocycles. The van der Waals surface area contributed by atoms with E-state index in [9.17, 15) is 4.79 Å². The molecule has 4 aromatic heterocycles. The van der Waals surface area contributed by atoms with Crippen LogP contribution in [-0.2, 0) is 0 Å². The molecule has 36 heavy (non-hydrogen) atoms. The van der Waals surface area contributed by atoms with Gasteiger partial charge in [0.1, 0.15) is 17.2 Å². The first kappa shape index (κ1) is 22.8. The van der Waals surface area contributed by atoms with E-state index in [1.54, 1.807) is 18.5 Å². The van der Waals surface area contributed by atoms with E-state index < -0.39 is 0 Å². The zero-order valence-electron chi connectivity index (χ0n) is 19.7. The lowest BCUT2D eigenvalue weighted by molar-refractivity contribution is 0.200. The molecule has 0 bridgehead atoms. The number of pyridine rings is 1. The molecule has 4 aromatic rings. The van der Waals surface area contributed by atoms with Crippen molar-refractivity contribution in [1.82, 2.24) is 35.4 Å². The fraction of sp³-hybridized carbons (Fsp3) is 0.400. The molecule has 3 N–H and O–H groups in total. The van der Waals surface area contributed by atoms with Crippen LogP contribution in [0.5, 0.6) is 0 Å². The maximum absolute atomic E-state index is 12.6. The molecular weight excluding hydrogens is 480 g/mol. The monoisotopic (exact) mass is 506 g/mol. The summed E-state index contributed by atoms with van der Waals surface area (Å²) in [4.78, 5) is 28.3. The van der Waals surface area contributed by atoms with Crippen LogP contribution in [0, 0.1) is 0 Å². The highest BCUT2D eigenvalue weighted by atomic mass is 35.5. The van der Waals surface area contributed by atoms with Gasteiger partial charge in [0.15, 0.2) is 17.2 Å². The van der Waals surface area contributed by atoms with Gasteiger partial charge < -0.3 is 20.0 Å². The van der Waals surface area contributed by atoms with E-state index in [1.807, 2.05) is 23.1 Å². The number of rotatable bonds is 5. The number of nitrogens with one attached hydrogen (secondary N) is 3. The lowest BCUT2D eigenvalue weighted by atomic mass is 9.91. The van der Waals surface area contributed by atoms with E-state index in [0.717, 1.165) is 57.0 Å². The number of fused-ring (bicyclic) bond motifs is 1. The molecule has 11 heteroatoms. The van der Waals surface area contributed by atoms with Crippen LogP contribution in [0.15, 0.2) is 41.1 Å². The molecule has 1 aliphatic carbocycles. The highest BCUT2D eigenvalue weighted by Crippen LogP contribution is 2.30. The van der Waals surface area contributed by atoms with E-state index in [-0.39, 0.29) is 18.1 Å². The molecule has 2 amide bonds. The normalized spacial score (nSPS) is 20.1. The first-order chi connectivity index (χ1) is 17.6. The van der Waals surface area contributed by atoms with Gasteiger partial charge in [0.25, 0.3) is 0 Å². The van der Waals surface area contributed by atoms with Crippen LogP contribution < -0.4 is 10.6 Å². The van der Waals surface area contributed by atoms with Gasteiger partial charge in [-0.15, -0.1) is 0 Å². The first-order valence-corrected chi connectivity index (χ1v) is 12.7. The van der Waals surface area contributed by atoms with Crippen LogP contribution in [0.1, 0.15) is 38.5 Å². The van der Waals surface area contributed by atoms with Crippen LogP contribution in [0.25, 0.3) is 34.0 Å². The Morgan fingerprint density at radius 2 is 2.00 bits per heavy atom. The Kier molecular flexibility index (Phi) is 6.18. The van der Waals surface area contributed by atoms with Crippen molar-refractivity contribution < 1.29 is 9.21 Å². The smallest absolute Gasteiger partial charge is 0.317 e. The number of nitrogens with zero attached hydrogens (tertiary/aromatic N) is 5. The SMILES string of the molecule is O=C(N[C@@H]1CCC[C@H](Nc2cc(-c3ccco3)nc(-c3[nH]nc4ncc(Cl)cc34)n2)C1)N1CCCC1. The molecule has 0 spiro atoms. The molecule has 2 aliphatic rings. The Bertz CT molecular complexity index is 1370. The summed E-state index contributed by atoms with van der Waals surface area (Å²) in [6.45, 7) is 1.70. The standard InChI is InChI=1S/C25H27ClN8O2/c26-15-11-18-22(32-33-23(18)27-14-15)24-30-19(20-7-4-10-36-20)13-21(31-24)28-16-5-3-6-17(12-16)29-25(35)34-8-1-2-9-34/h4,7,10-11,13-14,16-17H,1-3,5-6,8-9,12H2,(H,29,35)(H,27,32,33)(H,28,30,31)/t16-,17+/m0/s1. The third kappa shape index (κ3) is 4.73. The molecule has 2 fully saturated rings. The molecule has 5 heterocycles. The van der Waals surface area contributed by atoms with Gasteiger partial charge in [-0.2, -0.15) is 5.10 Å². The van der Waals surface area contributed by atoms with Crippen molar-refractivity contribution in [3.8, 4) is 23.0 Å². The zero-order valence-corrected chi connectivity index (χ0v) is 20.5. The molecule has 2 atom stereocenters. The van der Waals surface area contributed by atoms with Gasteiger partial charge in [0.05, 0.1) is 16.7 Å². The molecule has 1 saturated heterocycles. The summed E-state index contributed by atoms with van der Waals surface area (Å²) in [5.41, 5.74) is 1.83.